The minimum Gasteiger partial charge on any atom is -0.393 e. The van der Waals surface area contributed by atoms with Crippen molar-refractivity contribution in [2.24, 2.45) is 5.92 Å². The van der Waals surface area contributed by atoms with E-state index in [1.807, 2.05) is 0 Å². The van der Waals surface area contributed by atoms with Gasteiger partial charge in [0.25, 0.3) is 0 Å². The van der Waals surface area contributed by atoms with Crippen LogP contribution in [0.25, 0.3) is 0 Å². The van der Waals surface area contributed by atoms with Crippen molar-refractivity contribution in [3.63, 3.8) is 0 Å². The van der Waals surface area contributed by atoms with Crippen molar-refractivity contribution in [1.29, 1.82) is 0 Å². The smallest absolute Gasteiger partial charge is 0.0580 e. The summed E-state index contributed by atoms with van der Waals surface area (Å²) in [6.45, 7) is 1.04. The van der Waals surface area contributed by atoms with Gasteiger partial charge in [0.15, 0.2) is 0 Å². The zero-order valence-corrected chi connectivity index (χ0v) is 10.3. The van der Waals surface area contributed by atoms with Crippen LogP contribution >= 0.6 is 11.8 Å². The molecule has 1 aliphatic carbocycles. The lowest BCUT2D eigenvalue weighted by molar-refractivity contribution is 0.0679. The highest BCUT2D eigenvalue weighted by atomic mass is 32.2. The Hall–Kier alpha value is 0.270. The molecular weight excluding hydrogens is 206 g/mol. The number of thioether (sulfide) groups is 1. The molecule has 1 aliphatic heterocycles. The Morgan fingerprint density at radius 2 is 1.80 bits per heavy atom. The second-order valence-electron chi connectivity index (χ2n) is 4.91. The van der Waals surface area contributed by atoms with E-state index in [9.17, 15) is 5.11 Å². The van der Waals surface area contributed by atoms with E-state index >= 15 is 0 Å². The van der Waals surface area contributed by atoms with Gasteiger partial charge in [-0.3, -0.25) is 0 Å². The number of hydrogen-bond acceptors (Lipinski definition) is 3. The predicted octanol–water partition coefficient (Wildman–Crippen LogP) is 2.02. The molecule has 2 aliphatic rings. The molecule has 0 aromatic carbocycles. The molecular formula is C12H23NOS. The fourth-order valence-electron chi connectivity index (χ4n) is 2.65. The molecule has 2 N–H and O–H groups in total. The highest BCUT2D eigenvalue weighted by Gasteiger charge is 2.23. The van der Waals surface area contributed by atoms with E-state index < -0.39 is 0 Å². The van der Waals surface area contributed by atoms with E-state index in [1.54, 1.807) is 0 Å². The van der Waals surface area contributed by atoms with Crippen LogP contribution in [0.15, 0.2) is 0 Å². The summed E-state index contributed by atoms with van der Waals surface area (Å²) in [6, 6.07) is 0.723. The van der Waals surface area contributed by atoms with Gasteiger partial charge in [-0.15, -0.1) is 0 Å². The summed E-state index contributed by atoms with van der Waals surface area (Å²) < 4.78 is 0. The zero-order valence-electron chi connectivity index (χ0n) is 9.45. The summed E-state index contributed by atoms with van der Waals surface area (Å²) in [5.74, 6) is 3.14. The van der Waals surface area contributed by atoms with Crippen LogP contribution in [-0.4, -0.2) is 35.3 Å². The number of rotatable bonds is 3. The van der Waals surface area contributed by atoms with Gasteiger partial charge in [0, 0.05) is 12.6 Å². The highest BCUT2D eigenvalue weighted by Crippen LogP contribution is 2.24. The van der Waals surface area contributed by atoms with E-state index in [1.165, 1.54) is 43.6 Å². The SMILES string of the molecule is OC1CCCCC1CNC1CCSCC1. The largest absolute Gasteiger partial charge is 0.393 e. The monoisotopic (exact) mass is 229 g/mol. The lowest BCUT2D eigenvalue weighted by atomic mass is 9.86. The number of aliphatic hydroxyl groups excluding tert-OH is 1. The van der Waals surface area contributed by atoms with Crippen LogP contribution in [0.1, 0.15) is 38.5 Å². The van der Waals surface area contributed by atoms with Crippen LogP contribution in [0.5, 0.6) is 0 Å². The molecule has 0 amide bonds. The van der Waals surface area contributed by atoms with Gasteiger partial charge in [-0.1, -0.05) is 12.8 Å². The minimum absolute atomic E-state index is 0.0378. The quantitative estimate of drug-likeness (QED) is 0.776. The number of hydrogen-bond donors (Lipinski definition) is 2. The number of aliphatic hydroxyl groups is 1. The Labute approximate surface area is 97.2 Å². The van der Waals surface area contributed by atoms with E-state index in [0.29, 0.717) is 5.92 Å². The molecule has 0 aromatic rings. The fraction of sp³-hybridized carbons (Fsp3) is 1.00. The van der Waals surface area contributed by atoms with Crippen LogP contribution in [0.3, 0.4) is 0 Å². The molecule has 88 valence electrons. The standard InChI is InChI=1S/C12H23NOS/c14-12-4-2-1-3-10(12)9-13-11-5-7-15-8-6-11/h10-14H,1-9H2. The van der Waals surface area contributed by atoms with E-state index in [-0.39, 0.29) is 6.10 Å². The molecule has 2 fully saturated rings. The maximum Gasteiger partial charge on any atom is 0.0580 e. The molecule has 2 nitrogen and oxygen atoms in total. The van der Waals surface area contributed by atoms with Crippen molar-refractivity contribution >= 4 is 11.8 Å². The van der Waals surface area contributed by atoms with Gasteiger partial charge in [0.2, 0.25) is 0 Å². The van der Waals surface area contributed by atoms with Crippen LogP contribution in [0.4, 0.5) is 0 Å². The van der Waals surface area contributed by atoms with E-state index in [2.05, 4.69) is 17.1 Å². The first-order chi connectivity index (χ1) is 7.36. The molecule has 1 saturated carbocycles. The molecule has 1 heterocycles. The van der Waals surface area contributed by atoms with Crippen molar-refractivity contribution < 1.29 is 5.11 Å². The summed E-state index contributed by atoms with van der Waals surface area (Å²) >= 11 is 2.07. The van der Waals surface area contributed by atoms with Gasteiger partial charge in [-0.2, -0.15) is 11.8 Å². The van der Waals surface area contributed by atoms with Crippen molar-refractivity contribution in [3.05, 3.63) is 0 Å². The maximum atomic E-state index is 9.85. The Balaban J connectivity index is 1.67. The first kappa shape index (κ1) is 11.7. The second-order valence-corrected chi connectivity index (χ2v) is 6.13. The van der Waals surface area contributed by atoms with Gasteiger partial charge in [-0.05, 0) is 43.1 Å². The molecule has 0 aromatic heterocycles. The molecule has 0 bridgehead atoms. The van der Waals surface area contributed by atoms with Gasteiger partial charge < -0.3 is 10.4 Å². The van der Waals surface area contributed by atoms with Gasteiger partial charge in [0.1, 0.15) is 0 Å². The van der Waals surface area contributed by atoms with Gasteiger partial charge in [0.05, 0.1) is 6.10 Å². The normalized spacial score (nSPS) is 34.2. The average Bonchev–Trinajstić information content (AvgIpc) is 2.29. The van der Waals surface area contributed by atoms with Crippen molar-refractivity contribution in [3.8, 4) is 0 Å². The van der Waals surface area contributed by atoms with Crippen molar-refractivity contribution in [2.75, 3.05) is 18.1 Å². The molecule has 15 heavy (non-hydrogen) atoms. The van der Waals surface area contributed by atoms with Crippen LogP contribution in [0.2, 0.25) is 0 Å². The zero-order chi connectivity index (χ0) is 10.5. The second kappa shape index (κ2) is 6.12. The van der Waals surface area contributed by atoms with Crippen LogP contribution < -0.4 is 5.32 Å². The van der Waals surface area contributed by atoms with Crippen molar-refractivity contribution in [2.45, 2.75) is 50.7 Å². The molecule has 2 unspecified atom stereocenters. The Kier molecular flexibility index (Phi) is 4.79. The third-order valence-electron chi connectivity index (χ3n) is 3.76. The molecule has 0 radical (unpaired) electrons. The highest BCUT2D eigenvalue weighted by molar-refractivity contribution is 7.99. The first-order valence-corrected chi connectivity index (χ1v) is 7.51. The Morgan fingerprint density at radius 1 is 1.07 bits per heavy atom. The minimum atomic E-state index is -0.0378. The maximum absolute atomic E-state index is 9.85. The van der Waals surface area contributed by atoms with Crippen LogP contribution in [-0.2, 0) is 0 Å². The Morgan fingerprint density at radius 3 is 2.53 bits per heavy atom. The topological polar surface area (TPSA) is 32.3 Å². The average molecular weight is 229 g/mol. The predicted molar refractivity (Wildman–Crippen MR) is 66.3 cm³/mol. The fourth-order valence-corrected chi connectivity index (χ4v) is 3.75. The summed E-state index contributed by atoms with van der Waals surface area (Å²) in [6.07, 6.45) is 7.36. The third-order valence-corrected chi connectivity index (χ3v) is 4.81. The molecule has 1 saturated heterocycles. The first-order valence-electron chi connectivity index (χ1n) is 6.35. The molecule has 2 atom stereocenters. The summed E-state index contributed by atoms with van der Waals surface area (Å²) in [4.78, 5) is 0. The molecule has 0 spiro atoms. The Bertz CT molecular complexity index is 182. The van der Waals surface area contributed by atoms with Gasteiger partial charge in [-0.25, -0.2) is 0 Å². The van der Waals surface area contributed by atoms with E-state index in [4.69, 9.17) is 0 Å². The number of nitrogens with one attached hydrogen (secondary N) is 1. The van der Waals surface area contributed by atoms with Crippen molar-refractivity contribution in [1.82, 2.24) is 5.32 Å². The lowest BCUT2D eigenvalue weighted by Crippen LogP contribution is -2.40. The van der Waals surface area contributed by atoms with Gasteiger partial charge >= 0.3 is 0 Å². The third kappa shape index (κ3) is 3.65. The molecule has 2 rings (SSSR count). The molecule has 3 heteroatoms. The van der Waals surface area contributed by atoms with Crippen LogP contribution in [0, 0.1) is 5.92 Å². The summed E-state index contributed by atoms with van der Waals surface area (Å²) in [5, 5.41) is 13.5. The summed E-state index contributed by atoms with van der Waals surface area (Å²) in [5.41, 5.74) is 0. The lowest BCUT2D eigenvalue weighted by Gasteiger charge is -2.30. The summed E-state index contributed by atoms with van der Waals surface area (Å²) in [7, 11) is 0. The van der Waals surface area contributed by atoms with E-state index in [0.717, 1.165) is 19.0 Å².